The minimum atomic E-state index is -1.11. The van der Waals surface area contributed by atoms with E-state index in [0.29, 0.717) is 4.24 Å². The van der Waals surface area contributed by atoms with Crippen LogP contribution in [0.25, 0.3) is 0 Å². The minimum Gasteiger partial charge on any atom is -0.477 e. The van der Waals surface area contributed by atoms with Crippen molar-refractivity contribution in [3.63, 3.8) is 0 Å². The lowest BCUT2D eigenvalue weighted by Gasteiger charge is -2.43. The van der Waals surface area contributed by atoms with Crippen molar-refractivity contribution in [2.45, 2.75) is 30.2 Å². The Morgan fingerprint density at radius 2 is 1.96 bits per heavy atom. The number of aliphatic carboxylic acids is 1. The predicted octanol–water partition coefficient (Wildman–Crippen LogP) is 2.43. The summed E-state index contributed by atoms with van der Waals surface area (Å²) in [6.45, 7) is 3.53. The van der Waals surface area contributed by atoms with Crippen LogP contribution < -0.4 is 0 Å². The van der Waals surface area contributed by atoms with Crippen molar-refractivity contribution in [3.8, 4) is 0 Å². The van der Waals surface area contributed by atoms with Gasteiger partial charge in [-0.15, -0.1) is 0 Å². The molecule has 1 aromatic rings. The lowest BCUT2D eigenvalue weighted by Crippen LogP contribution is -2.60. The molecule has 0 spiro atoms. The van der Waals surface area contributed by atoms with Gasteiger partial charge in [0.15, 0.2) is 5.70 Å². The smallest absolute Gasteiger partial charge is 0.354 e. The third kappa shape index (κ3) is 4.43. The highest BCUT2D eigenvalue weighted by atomic mass is 32.2. The van der Waals surface area contributed by atoms with E-state index in [1.54, 1.807) is 6.92 Å². The van der Waals surface area contributed by atoms with Crippen molar-refractivity contribution in [2.24, 2.45) is 5.92 Å². The van der Waals surface area contributed by atoms with E-state index in [9.17, 15) is 19.8 Å². The first kappa shape index (κ1) is 20.8. The molecule has 2 aliphatic rings. The molecule has 2 N–H and O–H groups in total. The molecule has 1 saturated heterocycles. The van der Waals surface area contributed by atoms with Crippen molar-refractivity contribution >= 4 is 35.4 Å². The molecule has 3 rings (SSSR count). The molecular weight excluding hydrogens is 372 g/mol. The highest BCUT2D eigenvalue weighted by Crippen LogP contribution is 2.55. The number of aryl methyl sites for hydroxylation is 1. The van der Waals surface area contributed by atoms with Crippen LogP contribution in [-0.2, 0) is 9.59 Å². The Bertz CT molecular complexity index is 731. The second kappa shape index (κ2) is 8.47. The van der Waals surface area contributed by atoms with Crippen molar-refractivity contribution in [1.82, 2.24) is 9.80 Å². The van der Waals surface area contributed by atoms with E-state index in [1.165, 1.54) is 28.4 Å². The summed E-state index contributed by atoms with van der Waals surface area (Å²) in [5.74, 6) is -1.96. The highest BCUT2D eigenvalue weighted by Gasteiger charge is 2.57. The Kier molecular flexibility index (Phi) is 6.79. The first-order valence-electron chi connectivity index (χ1n) is 8.14. The maximum absolute atomic E-state index is 12.1. The zero-order valence-electron chi connectivity index (χ0n) is 15.5. The number of hydrogen-bond donors (Lipinski definition) is 2. The summed E-state index contributed by atoms with van der Waals surface area (Å²) in [4.78, 5) is 27.9. The van der Waals surface area contributed by atoms with Crippen LogP contribution in [0, 0.1) is 12.8 Å². The molecule has 6 nitrogen and oxygen atoms in total. The van der Waals surface area contributed by atoms with E-state index in [0.717, 1.165) is 10.5 Å². The number of β-lactam (4-membered cyclic amide) rings is 1. The van der Waals surface area contributed by atoms with Crippen molar-refractivity contribution < 1.29 is 19.8 Å². The summed E-state index contributed by atoms with van der Waals surface area (Å²) in [6, 6.07) is 7.77. The zero-order valence-corrected chi connectivity index (χ0v) is 17.1. The van der Waals surface area contributed by atoms with E-state index >= 15 is 0 Å². The molecule has 1 aromatic carbocycles. The van der Waals surface area contributed by atoms with Gasteiger partial charge in [-0.1, -0.05) is 41.2 Å². The largest absolute Gasteiger partial charge is 0.477 e. The van der Waals surface area contributed by atoms with Crippen LogP contribution in [-0.4, -0.2) is 64.5 Å². The highest BCUT2D eigenvalue weighted by molar-refractivity contribution is 8.22. The molecule has 0 aliphatic carbocycles. The topological polar surface area (TPSA) is 81.1 Å². The molecule has 8 heteroatoms. The third-order valence-corrected chi connectivity index (χ3v) is 6.23. The second-order valence-corrected chi connectivity index (χ2v) is 9.15. The van der Waals surface area contributed by atoms with Gasteiger partial charge in [-0.25, -0.2) is 4.79 Å². The van der Waals surface area contributed by atoms with Gasteiger partial charge in [0.05, 0.1) is 16.3 Å². The first-order valence-corrected chi connectivity index (χ1v) is 9.84. The number of aliphatic hydroxyl groups is 1. The number of carbonyl (C=O) groups excluding carboxylic acids is 1. The van der Waals surface area contributed by atoms with Gasteiger partial charge < -0.3 is 15.1 Å². The maximum Gasteiger partial charge on any atom is 0.354 e. The molecule has 0 saturated carbocycles. The Balaban J connectivity index is 0.000000552. The Hall–Kier alpha value is -1.48. The maximum atomic E-state index is 12.1. The number of carboxylic acid groups (broad SMARTS) is 1. The standard InChI is InChI=1S/C15H15NO4S2.C3H9N/c1-7-4-3-5-9(6-7)21-15-11(14(19)20)16-12(18)10(8(2)17)13(16)22-15;1-4(2)3/h3-6,8,10,13,17H,1-2H3,(H,19,20);1-3H3/t8-,10+,13-;/m1./s1. The van der Waals surface area contributed by atoms with Crippen LogP contribution in [0.4, 0.5) is 0 Å². The monoisotopic (exact) mass is 396 g/mol. The Morgan fingerprint density at radius 1 is 1.35 bits per heavy atom. The number of fused-ring (bicyclic) bond motifs is 1. The number of thioether (sulfide) groups is 2. The molecule has 2 heterocycles. The van der Waals surface area contributed by atoms with Crippen LogP contribution in [0.1, 0.15) is 12.5 Å². The molecule has 3 atom stereocenters. The number of carboxylic acids is 1. The van der Waals surface area contributed by atoms with Crippen LogP contribution in [0.2, 0.25) is 0 Å². The quantitative estimate of drug-likeness (QED) is 0.757. The number of aliphatic hydroxyl groups excluding tert-OH is 1. The summed E-state index contributed by atoms with van der Waals surface area (Å²) < 4.78 is 0.597. The van der Waals surface area contributed by atoms with E-state index in [1.807, 2.05) is 57.2 Å². The van der Waals surface area contributed by atoms with Gasteiger partial charge in [-0.3, -0.25) is 9.69 Å². The van der Waals surface area contributed by atoms with Gasteiger partial charge in [-0.05, 0) is 47.1 Å². The molecular formula is C18H24N2O4S2. The molecule has 2 aliphatic heterocycles. The van der Waals surface area contributed by atoms with Gasteiger partial charge in [0, 0.05) is 4.90 Å². The second-order valence-electron chi connectivity index (χ2n) is 6.68. The third-order valence-electron chi connectivity index (χ3n) is 3.67. The van der Waals surface area contributed by atoms with Crippen molar-refractivity contribution in [2.75, 3.05) is 21.1 Å². The van der Waals surface area contributed by atoms with Crippen LogP contribution in [0.5, 0.6) is 0 Å². The summed E-state index contributed by atoms with van der Waals surface area (Å²) >= 11 is 2.70. The number of carbonyl (C=O) groups is 2. The van der Waals surface area contributed by atoms with E-state index in [2.05, 4.69) is 0 Å². The fourth-order valence-electron chi connectivity index (χ4n) is 2.61. The Morgan fingerprint density at radius 3 is 2.46 bits per heavy atom. The van der Waals surface area contributed by atoms with Gasteiger partial charge in [0.2, 0.25) is 5.91 Å². The molecule has 26 heavy (non-hydrogen) atoms. The lowest BCUT2D eigenvalue weighted by molar-refractivity contribution is -0.156. The number of hydrogen-bond acceptors (Lipinski definition) is 6. The summed E-state index contributed by atoms with van der Waals surface area (Å²) in [5, 5.41) is 18.8. The normalized spacial score (nSPS) is 22.6. The van der Waals surface area contributed by atoms with Crippen LogP contribution in [0.15, 0.2) is 39.1 Å². The molecule has 0 unspecified atom stereocenters. The summed E-state index contributed by atoms with van der Waals surface area (Å²) in [6.07, 6.45) is -0.778. The van der Waals surface area contributed by atoms with Gasteiger partial charge in [0.25, 0.3) is 0 Å². The fraction of sp³-hybridized carbons (Fsp3) is 0.444. The summed E-state index contributed by atoms with van der Waals surface area (Å²) in [5.41, 5.74) is 1.12. The van der Waals surface area contributed by atoms with Gasteiger partial charge in [0.1, 0.15) is 5.37 Å². The van der Waals surface area contributed by atoms with Crippen molar-refractivity contribution in [3.05, 3.63) is 39.8 Å². The molecule has 0 bridgehead atoms. The number of amides is 1. The zero-order chi connectivity index (χ0) is 19.6. The summed E-state index contributed by atoms with van der Waals surface area (Å²) in [7, 11) is 6.00. The molecule has 0 aromatic heterocycles. The fourth-order valence-corrected chi connectivity index (χ4v) is 5.59. The number of benzene rings is 1. The lowest BCUT2D eigenvalue weighted by atomic mass is 9.92. The molecule has 1 amide bonds. The van der Waals surface area contributed by atoms with E-state index in [4.69, 9.17) is 0 Å². The van der Waals surface area contributed by atoms with Crippen LogP contribution >= 0.6 is 23.5 Å². The molecule has 1 fully saturated rings. The minimum absolute atomic E-state index is 0.0309. The van der Waals surface area contributed by atoms with Gasteiger partial charge in [-0.2, -0.15) is 0 Å². The average Bonchev–Trinajstić information content (AvgIpc) is 2.80. The van der Waals surface area contributed by atoms with Crippen LogP contribution in [0.3, 0.4) is 0 Å². The Labute approximate surface area is 162 Å². The number of rotatable bonds is 4. The molecule has 0 radical (unpaired) electrons. The average molecular weight is 397 g/mol. The van der Waals surface area contributed by atoms with Crippen molar-refractivity contribution in [1.29, 1.82) is 0 Å². The first-order chi connectivity index (χ1) is 12.1. The SMILES string of the molecule is CN(C)C.Cc1cccc(SC2=C(C(=O)O)N3C(=O)[C@H]([C@@H](C)O)[C@H]3S2)c1. The molecule has 142 valence electrons. The predicted molar refractivity (Wildman–Crippen MR) is 105 cm³/mol. The number of nitrogens with zero attached hydrogens (tertiary/aromatic N) is 2. The van der Waals surface area contributed by atoms with E-state index < -0.39 is 18.0 Å². The van der Waals surface area contributed by atoms with E-state index in [-0.39, 0.29) is 17.0 Å². The van der Waals surface area contributed by atoms with Gasteiger partial charge >= 0.3 is 5.97 Å².